The van der Waals surface area contributed by atoms with Crippen LogP contribution in [0, 0.1) is 10.8 Å². The van der Waals surface area contributed by atoms with Gasteiger partial charge in [0.2, 0.25) is 0 Å². The molecule has 0 atom stereocenters. The van der Waals surface area contributed by atoms with Crippen molar-refractivity contribution in [3.63, 3.8) is 0 Å². The lowest BCUT2D eigenvalue weighted by Gasteiger charge is -2.26. The number of hydrogen-bond donors (Lipinski definition) is 1. The summed E-state index contributed by atoms with van der Waals surface area (Å²) in [6.07, 6.45) is 1.08. The summed E-state index contributed by atoms with van der Waals surface area (Å²) in [4.78, 5) is 22.6. The highest BCUT2D eigenvalue weighted by Gasteiger charge is 2.31. The first-order valence-electron chi connectivity index (χ1n) is 5.72. The van der Waals surface area contributed by atoms with Gasteiger partial charge in [0, 0.05) is 11.5 Å². The van der Waals surface area contributed by atoms with Crippen molar-refractivity contribution in [2.45, 2.75) is 27.7 Å². The summed E-state index contributed by atoms with van der Waals surface area (Å²) in [6.45, 7) is 10.1. The SMILES string of the molecule is C=CC(=O)OCC(C)(C)COC(=O)C(C)(C)CO. The normalized spacial score (nSPS) is 11.8. The fourth-order valence-electron chi connectivity index (χ4n) is 0.888. The van der Waals surface area contributed by atoms with Crippen molar-refractivity contribution in [2.75, 3.05) is 19.8 Å². The predicted molar refractivity (Wildman–Crippen MR) is 66.8 cm³/mol. The zero-order chi connectivity index (χ0) is 14.4. The van der Waals surface area contributed by atoms with Gasteiger partial charge in [-0.3, -0.25) is 4.79 Å². The van der Waals surface area contributed by atoms with Crippen LogP contribution in [0.2, 0.25) is 0 Å². The lowest BCUT2D eigenvalue weighted by Crippen LogP contribution is -2.35. The van der Waals surface area contributed by atoms with Crippen LogP contribution >= 0.6 is 0 Å². The van der Waals surface area contributed by atoms with Crippen LogP contribution in [0.5, 0.6) is 0 Å². The van der Waals surface area contributed by atoms with Gasteiger partial charge in [-0.15, -0.1) is 0 Å². The molecule has 0 aromatic heterocycles. The van der Waals surface area contributed by atoms with Crippen molar-refractivity contribution in [1.82, 2.24) is 0 Å². The van der Waals surface area contributed by atoms with E-state index in [1.807, 2.05) is 13.8 Å². The fourth-order valence-corrected chi connectivity index (χ4v) is 0.888. The second kappa shape index (κ2) is 6.54. The predicted octanol–water partition coefficient (Wildman–Crippen LogP) is 1.30. The molecule has 0 rings (SSSR count). The third-order valence-electron chi connectivity index (χ3n) is 2.31. The molecule has 0 aliphatic heterocycles. The molecule has 0 saturated heterocycles. The van der Waals surface area contributed by atoms with E-state index in [0.717, 1.165) is 6.08 Å². The Morgan fingerprint density at radius 2 is 1.67 bits per heavy atom. The summed E-state index contributed by atoms with van der Waals surface area (Å²) in [5.74, 6) is -0.988. The highest BCUT2D eigenvalue weighted by Crippen LogP contribution is 2.21. The van der Waals surface area contributed by atoms with E-state index < -0.39 is 22.8 Å². The molecule has 104 valence electrons. The number of aliphatic hydroxyl groups is 1. The highest BCUT2D eigenvalue weighted by atomic mass is 16.5. The third kappa shape index (κ3) is 5.82. The van der Waals surface area contributed by atoms with E-state index in [4.69, 9.17) is 14.6 Å². The van der Waals surface area contributed by atoms with Crippen LogP contribution in [0.25, 0.3) is 0 Å². The van der Waals surface area contributed by atoms with Crippen LogP contribution in [0.1, 0.15) is 27.7 Å². The minimum atomic E-state index is -0.923. The Bertz CT molecular complexity index is 317. The molecule has 1 N–H and O–H groups in total. The van der Waals surface area contributed by atoms with Gasteiger partial charge in [-0.2, -0.15) is 0 Å². The Morgan fingerprint density at radius 1 is 1.17 bits per heavy atom. The van der Waals surface area contributed by atoms with E-state index >= 15 is 0 Å². The minimum absolute atomic E-state index is 0.111. The van der Waals surface area contributed by atoms with E-state index in [1.165, 1.54) is 0 Å². The van der Waals surface area contributed by atoms with Crippen LogP contribution < -0.4 is 0 Å². The van der Waals surface area contributed by atoms with E-state index in [1.54, 1.807) is 13.8 Å². The highest BCUT2D eigenvalue weighted by molar-refractivity contribution is 5.81. The number of esters is 2. The molecule has 0 unspecified atom stereocenters. The minimum Gasteiger partial charge on any atom is -0.465 e. The average Bonchev–Trinajstić information content (AvgIpc) is 2.33. The molecule has 0 aliphatic carbocycles. The van der Waals surface area contributed by atoms with Gasteiger partial charge >= 0.3 is 11.9 Å². The number of aliphatic hydroxyl groups excluding tert-OH is 1. The third-order valence-corrected chi connectivity index (χ3v) is 2.31. The zero-order valence-corrected chi connectivity index (χ0v) is 11.5. The van der Waals surface area contributed by atoms with Crippen LogP contribution in [-0.4, -0.2) is 36.9 Å². The molecule has 0 aromatic rings. The molecule has 0 amide bonds. The van der Waals surface area contributed by atoms with Gasteiger partial charge in [0.25, 0.3) is 0 Å². The standard InChI is InChI=1S/C13H22O5/c1-6-10(15)17-8-12(2,3)9-18-11(16)13(4,5)7-14/h6,14H,1,7-9H2,2-5H3. The van der Waals surface area contributed by atoms with Crippen molar-refractivity contribution in [3.8, 4) is 0 Å². The molecule has 0 fully saturated rings. The Balaban J connectivity index is 4.22. The van der Waals surface area contributed by atoms with Crippen LogP contribution in [0.4, 0.5) is 0 Å². The molecule has 5 nitrogen and oxygen atoms in total. The van der Waals surface area contributed by atoms with Gasteiger partial charge < -0.3 is 14.6 Å². The van der Waals surface area contributed by atoms with Crippen LogP contribution in [0.3, 0.4) is 0 Å². The molecule has 0 radical (unpaired) electrons. The van der Waals surface area contributed by atoms with Gasteiger partial charge in [0.1, 0.15) is 0 Å². The fraction of sp³-hybridized carbons (Fsp3) is 0.692. The molecule has 0 aromatic carbocycles. The lowest BCUT2D eigenvalue weighted by atomic mass is 9.94. The van der Waals surface area contributed by atoms with Crippen molar-refractivity contribution in [3.05, 3.63) is 12.7 Å². The zero-order valence-electron chi connectivity index (χ0n) is 11.5. The maximum atomic E-state index is 11.6. The van der Waals surface area contributed by atoms with Crippen LogP contribution in [0.15, 0.2) is 12.7 Å². The van der Waals surface area contributed by atoms with E-state index in [2.05, 4.69) is 6.58 Å². The largest absolute Gasteiger partial charge is 0.465 e. The first-order valence-corrected chi connectivity index (χ1v) is 5.72. The Morgan fingerprint density at radius 3 is 2.11 bits per heavy atom. The molecule has 0 heterocycles. The summed E-state index contributed by atoms with van der Waals surface area (Å²) >= 11 is 0. The van der Waals surface area contributed by atoms with Gasteiger partial charge in [-0.05, 0) is 13.8 Å². The number of rotatable bonds is 7. The number of hydrogen-bond acceptors (Lipinski definition) is 5. The van der Waals surface area contributed by atoms with Crippen molar-refractivity contribution in [2.24, 2.45) is 10.8 Å². The summed E-state index contributed by atoms with van der Waals surface area (Å²) in [7, 11) is 0. The quantitative estimate of drug-likeness (QED) is 0.550. The lowest BCUT2D eigenvalue weighted by molar-refractivity contribution is -0.161. The maximum Gasteiger partial charge on any atom is 0.330 e. The molecular weight excluding hydrogens is 236 g/mol. The van der Waals surface area contributed by atoms with Crippen molar-refractivity contribution < 1.29 is 24.2 Å². The number of carbonyl (C=O) groups excluding carboxylic acids is 2. The van der Waals surface area contributed by atoms with E-state index in [-0.39, 0.29) is 19.8 Å². The Labute approximate surface area is 108 Å². The van der Waals surface area contributed by atoms with Crippen LogP contribution in [-0.2, 0) is 19.1 Å². The van der Waals surface area contributed by atoms with Gasteiger partial charge in [-0.1, -0.05) is 20.4 Å². The summed E-state index contributed by atoms with van der Waals surface area (Å²) < 4.78 is 10.0. The first-order chi connectivity index (χ1) is 8.14. The molecule has 0 bridgehead atoms. The molecule has 5 heteroatoms. The number of ether oxygens (including phenoxy) is 2. The molecular formula is C13H22O5. The first kappa shape index (κ1) is 16.6. The maximum absolute atomic E-state index is 11.6. The van der Waals surface area contributed by atoms with Gasteiger partial charge in [-0.25, -0.2) is 4.79 Å². The van der Waals surface area contributed by atoms with E-state index in [0.29, 0.717) is 0 Å². The van der Waals surface area contributed by atoms with Gasteiger partial charge in [0.15, 0.2) is 0 Å². The Kier molecular flexibility index (Phi) is 6.05. The average molecular weight is 258 g/mol. The second-order valence-corrected chi connectivity index (χ2v) is 5.59. The molecule has 0 saturated carbocycles. The van der Waals surface area contributed by atoms with Crippen molar-refractivity contribution in [1.29, 1.82) is 0 Å². The molecule has 18 heavy (non-hydrogen) atoms. The summed E-state index contributed by atoms with van der Waals surface area (Å²) in [5.41, 5.74) is -1.41. The molecule has 0 spiro atoms. The summed E-state index contributed by atoms with van der Waals surface area (Å²) in [6, 6.07) is 0. The van der Waals surface area contributed by atoms with Gasteiger partial charge in [0.05, 0.1) is 25.2 Å². The molecule has 0 aliphatic rings. The second-order valence-electron chi connectivity index (χ2n) is 5.59. The topological polar surface area (TPSA) is 72.8 Å². The Hall–Kier alpha value is -1.36. The monoisotopic (exact) mass is 258 g/mol. The number of carbonyl (C=O) groups is 2. The van der Waals surface area contributed by atoms with E-state index in [9.17, 15) is 9.59 Å². The summed E-state index contributed by atoms with van der Waals surface area (Å²) in [5, 5.41) is 9.02. The smallest absolute Gasteiger partial charge is 0.330 e. The van der Waals surface area contributed by atoms with Crippen molar-refractivity contribution >= 4 is 11.9 Å².